The fraction of sp³-hybridized carbons (Fsp3) is 0.588. The van der Waals surface area contributed by atoms with Crippen LogP contribution in [0.4, 0.5) is 4.79 Å². The summed E-state index contributed by atoms with van der Waals surface area (Å²) in [4.78, 5) is 39.4. The monoisotopic (exact) mass is 378 g/mol. The largest absolute Gasteiger partial charge is 0.449 e. The number of primary amides is 1. The summed E-state index contributed by atoms with van der Waals surface area (Å²) >= 11 is 0. The summed E-state index contributed by atoms with van der Waals surface area (Å²) in [5.41, 5.74) is 5.17. The number of carbonyl (C=O) groups is 3. The highest BCUT2D eigenvalue weighted by Crippen LogP contribution is 2.55. The van der Waals surface area contributed by atoms with E-state index in [2.05, 4.69) is 10.6 Å². The number of rotatable bonds is 6. The molecule has 1 aliphatic carbocycles. The van der Waals surface area contributed by atoms with Crippen LogP contribution in [0.1, 0.15) is 6.92 Å². The number of nitrogens with two attached hydrogens (primary N) is 1. The first kappa shape index (κ1) is 18.0. The molecular formula is C17H22N4O6. The number of hydrogen-bond donors (Lipinski definition) is 4. The lowest BCUT2D eigenvalue weighted by atomic mass is 9.82. The predicted octanol–water partition coefficient (Wildman–Crippen LogP) is -2.03. The summed E-state index contributed by atoms with van der Waals surface area (Å²) in [6.07, 6.45) is -0.958. The standard InChI is InChI=1S/C17H22N4O6/c1-7-11(19-3-4-22)14(24)10-8(6-27-16(18)25)17(26-2)15-9(20-15)5-21(17)12(10)13(7)23/h8-9,15,19-20,22H,3-6H2,1-2H3,(H2,18,25)/t8-,9+,15+,17-/m1/s1. The molecule has 0 aromatic rings. The molecule has 4 atom stereocenters. The third-order valence-corrected chi connectivity index (χ3v) is 5.84. The molecule has 0 saturated carbocycles. The lowest BCUT2D eigenvalue weighted by molar-refractivity contribution is -0.137. The number of hydrogen-bond acceptors (Lipinski definition) is 9. The Morgan fingerprint density at radius 3 is 2.81 bits per heavy atom. The van der Waals surface area contributed by atoms with Crippen molar-refractivity contribution in [2.24, 2.45) is 11.7 Å². The van der Waals surface area contributed by atoms with Crippen molar-refractivity contribution < 1.29 is 29.0 Å². The molecule has 2 fully saturated rings. The Hall–Kier alpha value is -2.43. The first-order valence-corrected chi connectivity index (χ1v) is 8.78. The van der Waals surface area contributed by atoms with Crippen molar-refractivity contribution >= 4 is 17.7 Å². The van der Waals surface area contributed by atoms with Gasteiger partial charge in [0, 0.05) is 37.4 Å². The quantitative estimate of drug-likeness (QED) is 0.303. The van der Waals surface area contributed by atoms with E-state index in [0.29, 0.717) is 17.8 Å². The van der Waals surface area contributed by atoms with E-state index in [4.69, 9.17) is 20.3 Å². The number of methoxy groups -OCH3 is 1. The number of amides is 1. The van der Waals surface area contributed by atoms with Gasteiger partial charge in [0.05, 0.1) is 30.0 Å². The molecule has 0 unspecified atom stereocenters. The summed E-state index contributed by atoms with van der Waals surface area (Å²) in [6, 6.07) is 0.0699. The van der Waals surface area contributed by atoms with E-state index in [1.54, 1.807) is 6.92 Å². The number of nitrogens with one attached hydrogen (secondary N) is 2. The van der Waals surface area contributed by atoms with Crippen LogP contribution in [-0.2, 0) is 19.1 Å². The Morgan fingerprint density at radius 1 is 1.44 bits per heavy atom. The summed E-state index contributed by atoms with van der Waals surface area (Å²) in [5.74, 6) is -1.28. The Bertz CT molecular complexity index is 805. The van der Waals surface area contributed by atoms with Gasteiger partial charge in [-0.2, -0.15) is 0 Å². The van der Waals surface area contributed by atoms with Crippen molar-refractivity contribution in [3.63, 3.8) is 0 Å². The summed E-state index contributed by atoms with van der Waals surface area (Å²) in [7, 11) is 1.52. The zero-order valence-corrected chi connectivity index (χ0v) is 15.1. The van der Waals surface area contributed by atoms with Gasteiger partial charge in [0.15, 0.2) is 5.72 Å². The molecule has 4 aliphatic rings. The first-order chi connectivity index (χ1) is 12.9. The zero-order chi connectivity index (χ0) is 19.5. The maximum absolute atomic E-state index is 13.2. The van der Waals surface area contributed by atoms with E-state index in [0.717, 1.165) is 0 Å². The zero-order valence-electron chi connectivity index (χ0n) is 15.1. The van der Waals surface area contributed by atoms with Crippen LogP contribution in [0.5, 0.6) is 0 Å². The van der Waals surface area contributed by atoms with Gasteiger partial charge in [-0.3, -0.25) is 9.59 Å². The van der Waals surface area contributed by atoms with Gasteiger partial charge in [-0.1, -0.05) is 0 Å². The molecule has 0 radical (unpaired) electrons. The third kappa shape index (κ3) is 2.27. The summed E-state index contributed by atoms with van der Waals surface area (Å²) < 4.78 is 10.9. The number of aliphatic hydroxyl groups is 1. The lowest BCUT2D eigenvalue weighted by Gasteiger charge is -2.39. The fourth-order valence-electron chi connectivity index (χ4n) is 4.68. The number of ether oxygens (including phenoxy) is 2. The highest BCUT2D eigenvalue weighted by atomic mass is 16.6. The second kappa shape index (κ2) is 6.04. The van der Waals surface area contributed by atoms with E-state index in [1.807, 2.05) is 4.90 Å². The molecule has 146 valence electrons. The molecule has 2 saturated heterocycles. The van der Waals surface area contributed by atoms with Crippen molar-refractivity contribution in [1.82, 2.24) is 15.5 Å². The molecule has 1 amide bonds. The Labute approximate surface area is 155 Å². The minimum Gasteiger partial charge on any atom is -0.449 e. The Balaban J connectivity index is 1.79. The number of aliphatic hydroxyl groups excluding tert-OH is 1. The second-order valence-electron chi connectivity index (χ2n) is 7.07. The molecule has 4 rings (SSSR count). The van der Waals surface area contributed by atoms with Gasteiger partial charge in [-0.15, -0.1) is 0 Å². The molecular weight excluding hydrogens is 356 g/mol. The van der Waals surface area contributed by atoms with Crippen LogP contribution in [0.2, 0.25) is 0 Å². The van der Waals surface area contributed by atoms with Gasteiger partial charge in [-0.05, 0) is 6.92 Å². The van der Waals surface area contributed by atoms with E-state index in [-0.39, 0.29) is 54.7 Å². The van der Waals surface area contributed by atoms with Crippen molar-refractivity contribution in [3.05, 3.63) is 22.5 Å². The number of fused-ring (bicyclic) bond motifs is 4. The number of nitrogens with zero attached hydrogens (tertiary/aromatic N) is 1. The van der Waals surface area contributed by atoms with E-state index in [9.17, 15) is 14.4 Å². The Morgan fingerprint density at radius 2 is 2.19 bits per heavy atom. The van der Waals surface area contributed by atoms with E-state index >= 15 is 0 Å². The average molecular weight is 378 g/mol. The molecule has 0 aromatic heterocycles. The normalized spacial score (nSPS) is 33.9. The van der Waals surface area contributed by atoms with Gasteiger partial charge < -0.3 is 35.8 Å². The van der Waals surface area contributed by atoms with E-state index < -0.39 is 17.7 Å². The van der Waals surface area contributed by atoms with Crippen molar-refractivity contribution in [1.29, 1.82) is 0 Å². The van der Waals surface area contributed by atoms with Gasteiger partial charge in [0.2, 0.25) is 11.6 Å². The molecule has 0 spiro atoms. The van der Waals surface area contributed by atoms with Gasteiger partial charge >= 0.3 is 6.09 Å². The van der Waals surface area contributed by atoms with Crippen LogP contribution in [0.15, 0.2) is 22.5 Å². The number of allylic oxidation sites excluding steroid dienone is 2. The predicted molar refractivity (Wildman–Crippen MR) is 91.0 cm³/mol. The third-order valence-electron chi connectivity index (χ3n) is 5.84. The molecule has 10 nitrogen and oxygen atoms in total. The van der Waals surface area contributed by atoms with Crippen molar-refractivity contribution in [3.8, 4) is 0 Å². The maximum Gasteiger partial charge on any atom is 0.404 e. The van der Waals surface area contributed by atoms with Gasteiger partial charge in [-0.25, -0.2) is 4.79 Å². The fourth-order valence-corrected chi connectivity index (χ4v) is 4.68. The van der Waals surface area contributed by atoms with Crippen LogP contribution in [-0.4, -0.2) is 78.9 Å². The molecule has 3 heterocycles. The van der Waals surface area contributed by atoms with Gasteiger partial charge in [0.25, 0.3) is 0 Å². The SMILES string of the molecule is CO[C@@]12[C@H](COC(N)=O)C3=C(C(=O)C(C)=C(NCCO)C3=O)N1C[C@@H]1N[C@@H]12. The van der Waals surface area contributed by atoms with Crippen LogP contribution >= 0.6 is 0 Å². The van der Waals surface area contributed by atoms with Crippen LogP contribution < -0.4 is 16.4 Å². The minimum atomic E-state index is -0.983. The van der Waals surface area contributed by atoms with E-state index in [1.165, 1.54) is 7.11 Å². The molecule has 0 aromatic carbocycles. The lowest BCUT2D eigenvalue weighted by Crippen LogP contribution is -2.55. The molecule has 3 aliphatic heterocycles. The van der Waals surface area contributed by atoms with Crippen LogP contribution in [0.25, 0.3) is 0 Å². The number of Topliss-reactive ketones (excluding diaryl/α,β-unsaturated/α-hetero) is 2. The first-order valence-electron chi connectivity index (χ1n) is 8.78. The Kier molecular flexibility index (Phi) is 4.02. The molecule has 10 heteroatoms. The summed E-state index contributed by atoms with van der Waals surface area (Å²) in [6.45, 7) is 1.90. The molecule has 0 bridgehead atoms. The highest BCUT2D eigenvalue weighted by molar-refractivity contribution is 6.25. The van der Waals surface area contributed by atoms with Crippen LogP contribution in [0, 0.1) is 5.92 Å². The average Bonchev–Trinajstić information content (AvgIpc) is 3.24. The smallest absolute Gasteiger partial charge is 0.404 e. The topological polar surface area (TPSA) is 153 Å². The number of ketones is 2. The maximum atomic E-state index is 13.2. The van der Waals surface area contributed by atoms with Gasteiger partial charge in [0.1, 0.15) is 6.61 Å². The molecule has 27 heavy (non-hydrogen) atoms. The summed E-state index contributed by atoms with van der Waals surface area (Å²) in [5, 5.41) is 15.2. The van der Waals surface area contributed by atoms with Crippen molar-refractivity contribution in [2.45, 2.75) is 24.7 Å². The van der Waals surface area contributed by atoms with Crippen LogP contribution in [0.3, 0.4) is 0 Å². The molecule has 5 N–H and O–H groups in total. The number of piperazine rings is 1. The second-order valence-corrected chi connectivity index (χ2v) is 7.07. The number of carbonyl (C=O) groups excluding carboxylic acids is 3. The van der Waals surface area contributed by atoms with Crippen molar-refractivity contribution in [2.75, 3.05) is 33.4 Å². The minimum absolute atomic E-state index is 0.0793. The highest BCUT2D eigenvalue weighted by Gasteiger charge is 2.72.